The van der Waals surface area contributed by atoms with Crippen molar-refractivity contribution >= 4 is 12.2 Å². The highest BCUT2D eigenvalue weighted by Crippen LogP contribution is 2.23. The second-order valence-corrected chi connectivity index (χ2v) is 4.94. The first-order valence-corrected chi connectivity index (χ1v) is 6.32. The molecule has 5 heteroatoms. The number of carbonyl (C=O) groups is 2. The van der Waals surface area contributed by atoms with Crippen molar-refractivity contribution in [3.05, 3.63) is 23.7 Å². The molecule has 1 unspecified atom stereocenters. The van der Waals surface area contributed by atoms with Gasteiger partial charge in [0.05, 0.1) is 6.54 Å². The van der Waals surface area contributed by atoms with Crippen LogP contribution in [0.3, 0.4) is 0 Å². The van der Waals surface area contributed by atoms with Gasteiger partial charge in [0.15, 0.2) is 12.0 Å². The van der Waals surface area contributed by atoms with Crippen molar-refractivity contribution in [2.24, 2.45) is 0 Å². The highest BCUT2D eigenvalue weighted by molar-refractivity contribution is 5.78. The molecule has 2 saturated heterocycles. The minimum absolute atomic E-state index is 0.292. The number of piperazine rings is 1. The van der Waals surface area contributed by atoms with Gasteiger partial charge >= 0.3 is 0 Å². The largest absolute Gasteiger partial charge is 0.457 e. The van der Waals surface area contributed by atoms with Gasteiger partial charge < -0.3 is 9.32 Å². The molecule has 0 aromatic carbocycles. The summed E-state index contributed by atoms with van der Waals surface area (Å²) in [7, 11) is 0. The van der Waals surface area contributed by atoms with Gasteiger partial charge in [-0.2, -0.15) is 0 Å². The Morgan fingerprint density at radius 3 is 3.06 bits per heavy atom. The lowest BCUT2D eigenvalue weighted by molar-refractivity contribution is -0.130. The van der Waals surface area contributed by atoms with Gasteiger partial charge in [-0.3, -0.25) is 14.5 Å². The molecule has 3 heterocycles. The molecule has 2 aliphatic rings. The molecule has 0 radical (unpaired) electrons. The van der Waals surface area contributed by atoms with Crippen molar-refractivity contribution in [2.75, 3.05) is 19.6 Å². The Morgan fingerprint density at radius 1 is 1.39 bits per heavy atom. The number of hydrogen-bond donors (Lipinski definition) is 0. The molecule has 1 atom stereocenters. The molecule has 1 amide bonds. The van der Waals surface area contributed by atoms with Crippen LogP contribution in [-0.4, -0.2) is 47.7 Å². The van der Waals surface area contributed by atoms with E-state index < -0.39 is 0 Å². The Morgan fingerprint density at radius 2 is 2.28 bits per heavy atom. The lowest BCUT2D eigenvalue weighted by atomic mass is 10.1. The van der Waals surface area contributed by atoms with E-state index in [0.717, 1.165) is 38.1 Å². The third-order valence-corrected chi connectivity index (χ3v) is 3.76. The summed E-state index contributed by atoms with van der Waals surface area (Å²) < 4.78 is 5.38. The van der Waals surface area contributed by atoms with E-state index in [1.54, 1.807) is 6.07 Å². The predicted octanol–water partition coefficient (Wildman–Crippen LogP) is 0.899. The van der Waals surface area contributed by atoms with Crippen molar-refractivity contribution in [3.8, 4) is 0 Å². The summed E-state index contributed by atoms with van der Waals surface area (Å²) in [6.07, 6.45) is 2.37. The normalized spacial score (nSPS) is 24.3. The molecule has 0 N–H and O–H groups in total. The standard InChI is InChI=1S/C13H16N2O3/c16-9-12-3-2-11(18-12)8-14-5-6-15-10(7-14)1-4-13(15)17/h2-3,9-10H,1,4-8H2. The summed E-state index contributed by atoms with van der Waals surface area (Å²) >= 11 is 0. The van der Waals surface area contributed by atoms with Gasteiger partial charge in [-0.1, -0.05) is 0 Å². The van der Waals surface area contributed by atoms with Crippen LogP contribution >= 0.6 is 0 Å². The maximum absolute atomic E-state index is 11.6. The van der Waals surface area contributed by atoms with Gasteiger partial charge in [-0.05, 0) is 18.6 Å². The summed E-state index contributed by atoms with van der Waals surface area (Å²) in [6.45, 7) is 3.30. The van der Waals surface area contributed by atoms with E-state index in [1.807, 2.05) is 11.0 Å². The molecule has 0 spiro atoms. The number of carbonyl (C=O) groups excluding carboxylic acids is 2. The molecular formula is C13H16N2O3. The van der Waals surface area contributed by atoms with Crippen LogP contribution in [0.25, 0.3) is 0 Å². The Kier molecular flexibility index (Phi) is 2.91. The predicted molar refractivity (Wildman–Crippen MR) is 64.1 cm³/mol. The number of hydrogen-bond acceptors (Lipinski definition) is 4. The van der Waals surface area contributed by atoms with E-state index in [1.165, 1.54) is 0 Å². The highest BCUT2D eigenvalue weighted by Gasteiger charge is 2.35. The third kappa shape index (κ3) is 2.06. The fourth-order valence-electron chi connectivity index (χ4n) is 2.84. The van der Waals surface area contributed by atoms with Crippen LogP contribution in [0.15, 0.2) is 16.5 Å². The monoisotopic (exact) mass is 248 g/mol. The molecule has 18 heavy (non-hydrogen) atoms. The molecule has 1 aromatic heterocycles. The summed E-state index contributed by atoms with van der Waals surface area (Å²) in [4.78, 5) is 26.4. The first-order chi connectivity index (χ1) is 8.76. The molecule has 2 fully saturated rings. The average molecular weight is 248 g/mol. The lowest BCUT2D eigenvalue weighted by Crippen LogP contribution is -2.50. The first kappa shape index (κ1) is 11.5. The maximum atomic E-state index is 11.6. The molecule has 0 bridgehead atoms. The maximum Gasteiger partial charge on any atom is 0.222 e. The number of furan rings is 1. The topological polar surface area (TPSA) is 53.8 Å². The number of fused-ring (bicyclic) bond motifs is 1. The minimum atomic E-state index is 0.292. The zero-order chi connectivity index (χ0) is 12.5. The van der Waals surface area contributed by atoms with E-state index in [4.69, 9.17) is 4.42 Å². The van der Waals surface area contributed by atoms with Crippen LogP contribution in [-0.2, 0) is 11.3 Å². The smallest absolute Gasteiger partial charge is 0.222 e. The van der Waals surface area contributed by atoms with E-state index in [-0.39, 0.29) is 0 Å². The molecule has 0 saturated carbocycles. The van der Waals surface area contributed by atoms with Crippen LogP contribution in [0.4, 0.5) is 0 Å². The first-order valence-electron chi connectivity index (χ1n) is 6.32. The van der Waals surface area contributed by atoms with Crippen molar-refractivity contribution < 1.29 is 14.0 Å². The molecule has 1 aromatic rings. The van der Waals surface area contributed by atoms with Crippen LogP contribution in [0.1, 0.15) is 29.2 Å². The quantitative estimate of drug-likeness (QED) is 0.746. The molecule has 96 valence electrons. The molecular weight excluding hydrogens is 232 g/mol. The second kappa shape index (κ2) is 4.57. The number of aldehydes is 1. The lowest BCUT2D eigenvalue weighted by Gasteiger charge is -2.37. The minimum Gasteiger partial charge on any atom is -0.457 e. The summed E-state index contributed by atoms with van der Waals surface area (Å²) in [6, 6.07) is 3.90. The van der Waals surface area contributed by atoms with Gasteiger partial charge in [-0.15, -0.1) is 0 Å². The van der Waals surface area contributed by atoms with E-state index in [9.17, 15) is 9.59 Å². The Balaban J connectivity index is 1.61. The molecule has 0 aliphatic carbocycles. The number of amides is 1. The third-order valence-electron chi connectivity index (χ3n) is 3.76. The number of rotatable bonds is 3. The average Bonchev–Trinajstić information content (AvgIpc) is 2.97. The molecule has 2 aliphatic heterocycles. The second-order valence-electron chi connectivity index (χ2n) is 4.94. The van der Waals surface area contributed by atoms with Gasteiger partial charge in [-0.25, -0.2) is 0 Å². The van der Waals surface area contributed by atoms with Crippen LogP contribution in [0, 0.1) is 0 Å². The van der Waals surface area contributed by atoms with Gasteiger partial charge in [0.25, 0.3) is 0 Å². The van der Waals surface area contributed by atoms with Crippen molar-refractivity contribution in [2.45, 2.75) is 25.4 Å². The van der Waals surface area contributed by atoms with E-state index >= 15 is 0 Å². The van der Waals surface area contributed by atoms with E-state index in [2.05, 4.69) is 4.90 Å². The Bertz CT molecular complexity index is 469. The Labute approximate surface area is 105 Å². The fourth-order valence-corrected chi connectivity index (χ4v) is 2.84. The van der Waals surface area contributed by atoms with Gasteiger partial charge in [0, 0.05) is 32.1 Å². The SMILES string of the molecule is O=Cc1ccc(CN2CCN3C(=O)CCC3C2)o1. The van der Waals surface area contributed by atoms with Crippen molar-refractivity contribution in [1.29, 1.82) is 0 Å². The van der Waals surface area contributed by atoms with Crippen LogP contribution in [0.2, 0.25) is 0 Å². The molecule has 5 nitrogen and oxygen atoms in total. The van der Waals surface area contributed by atoms with Crippen LogP contribution in [0.5, 0.6) is 0 Å². The van der Waals surface area contributed by atoms with Crippen LogP contribution < -0.4 is 0 Å². The zero-order valence-electron chi connectivity index (χ0n) is 10.2. The highest BCUT2D eigenvalue weighted by atomic mass is 16.3. The summed E-state index contributed by atoms with van der Waals surface area (Å²) in [5, 5.41) is 0. The van der Waals surface area contributed by atoms with Gasteiger partial charge in [0.1, 0.15) is 5.76 Å². The Hall–Kier alpha value is -1.62. The molecule has 3 rings (SSSR count). The zero-order valence-corrected chi connectivity index (χ0v) is 10.2. The van der Waals surface area contributed by atoms with Gasteiger partial charge in [0.2, 0.25) is 5.91 Å². The fraction of sp³-hybridized carbons (Fsp3) is 0.538. The summed E-state index contributed by atoms with van der Waals surface area (Å²) in [5.41, 5.74) is 0. The number of nitrogens with zero attached hydrogens (tertiary/aromatic N) is 2. The summed E-state index contributed by atoms with van der Waals surface area (Å²) in [5.74, 6) is 1.48. The van der Waals surface area contributed by atoms with E-state index in [0.29, 0.717) is 30.7 Å². The van der Waals surface area contributed by atoms with Crippen molar-refractivity contribution in [3.63, 3.8) is 0 Å². The van der Waals surface area contributed by atoms with Crippen molar-refractivity contribution in [1.82, 2.24) is 9.80 Å².